The number of ether oxygens (including phenoxy) is 1. The van der Waals surface area contributed by atoms with Crippen molar-refractivity contribution in [1.82, 2.24) is 4.98 Å². The van der Waals surface area contributed by atoms with Crippen LogP contribution in [0.1, 0.15) is 44.1 Å². The Morgan fingerprint density at radius 2 is 1.94 bits per heavy atom. The summed E-state index contributed by atoms with van der Waals surface area (Å²) in [6, 6.07) is 0. The van der Waals surface area contributed by atoms with Crippen molar-refractivity contribution >= 4 is 11.9 Å². The van der Waals surface area contributed by atoms with Gasteiger partial charge in [-0.15, -0.1) is 0 Å². The van der Waals surface area contributed by atoms with Crippen LogP contribution in [0.5, 0.6) is 0 Å². The monoisotopic (exact) mass is 256 g/mol. The molecular weight excluding hydrogens is 240 g/mol. The first-order valence-electron chi connectivity index (χ1n) is 5.25. The first kappa shape index (κ1) is 14.2. The lowest BCUT2D eigenvalue weighted by atomic mass is 10.0. The number of carboxylic acid groups (broad SMARTS) is 1. The molecule has 18 heavy (non-hydrogen) atoms. The molecule has 7 heteroatoms. The third-order valence-corrected chi connectivity index (χ3v) is 1.99. The summed E-state index contributed by atoms with van der Waals surface area (Å²) in [5, 5.41) is 8.71. The normalized spacial score (nSPS) is 14.9. The van der Waals surface area contributed by atoms with E-state index < -0.39 is 23.1 Å². The smallest absolute Gasteiger partial charge is 0.357 e. The van der Waals surface area contributed by atoms with Gasteiger partial charge in [0.15, 0.2) is 11.2 Å². The maximum absolute atomic E-state index is 11.9. The molecule has 0 bridgehead atoms. The SMILES string of the molecule is CC(C)(C)OC(=O)C(C)(N)c1nc(C(=O)O)co1. The van der Waals surface area contributed by atoms with Gasteiger partial charge in [-0.05, 0) is 27.7 Å². The average molecular weight is 256 g/mol. The molecule has 0 fully saturated rings. The van der Waals surface area contributed by atoms with Gasteiger partial charge in [0.25, 0.3) is 0 Å². The Balaban J connectivity index is 2.97. The fourth-order valence-corrected chi connectivity index (χ4v) is 1.08. The summed E-state index contributed by atoms with van der Waals surface area (Å²) in [6.45, 7) is 6.43. The Kier molecular flexibility index (Phi) is 3.47. The van der Waals surface area contributed by atoms with Gasteiger partial charge in [0.2, 0.25) is 5.89 Å². The van der Waals surface area contributed by atoms with Crippen LogP contribution in [0.15, 0.2) is 10.7 Å². The minimum absolute atomic E-state index is 0.200. The summed E-state index contributed by atoms with van der Waals surface area (Å²) >= 11 is 0. The van der Waals surface area contributed by atoms with Gasteiger partial charge in [0, 0.05) is 0 Å². The number of rotatable bonds is 3. The summed E-state index contributed by atoms with van der Waals surface area (Å²) in [5.41, 5.74) is 3.12. The van der Waals surface area contributed by atoms with E-state index in [1.807, 2.05) is 0 Å². The Morgan fingerprint density at radius 3 is 2.33 bits per heavy atom. The second kappa shape index (κ2) is 4.41. The van der Waals surface area contributed by atoms with Crippen LogP contribution in [0.2, 0.25) is 0 Å². The molecule has 0 aliphatic carbocycles. The Hall–Kier alpha value is -1.89. The Bertz CT molecular complexity index is 470. The molecule has 1 rings (SSSR count). The standard InChI is InChI=1S/C11H16N2O5/c1-10(2,3)18-9(16)11(4,12)8-13-6(5-17-8)7(14)15/h5H,12H2,1-4H3,(H,14,15). The molecule has 0 aliphatic rings. The fourth-order valence-electron chi connectivity index (χ4n) is 1.08. The summed E-state index contributed by atoms with van der Waals surface area (Å²) in [4.78, 5) is 26.2. The highest BCUT2D eigenvalue weighted by atomic mass is 16.6. The van der Waals surface area contributed by atoms with Crippen LogP contribution in [0, 0.1) is 0 Å². The fraction of sp³-hybridized carbons (Fsp3) is 0.545. The number of carboxylic acids is 1. The van der Waals surface area contributed by atoms with E-state index in [0.29, 0.717) is 0 Å². The highest BCUT2D eigenvalue weighted by Crippen LogP contribution is 2.22. The second-order valence-corrected chi connectivity index (χ2v) is 5.05. The summed E-state index contributed by atoms with van der Waals surface area (Å²) in [6.07, 6.45) is 0.924. The second-order valence-electron chi connectivity index (χ2n) is 5.05. The van der Waals surface area contributed by atoms with Crippen LogP contribution in [-0.2, 0) is 15.1 Å². The van der Waals surface area contributed by atoms with Crippen molar-refractivity contribution < 1.29 is 23.8 Å². The molecule has 1 atom stereocenters. The lowest BCUT2D eigenvalue weighted by Gasteiger charge is -2.26. The van der Waals surface area contributed by atoms with Crippen LogP contribution < -0.4 is 5.73 Å². The molecule has 1 aromatic heterocycles. The number of carbonyl (C=O) groups is 2. The molecule has 100 valence electrons. The van der Waals surface area contributed by atoms with E-state index in [2.05, 4.69) is 4.98 Å². The summed E-state index contributed by atoms with van der Waals surface area (Å²) in [5.74, 6) is -2.20. The molecule has 3 N–H and O–H groups in total. The number of nitrogens with zero attached hydrogens (tertiary/aromatic N) is 1. The largest absolute Gasteiger partial charge is 0.476 e. The van der Waals surface area contributed by atoms with E-state index in [4.69, 9.17) is 20.0 Å². The molecule has 0 spiro atoms. The van der Waals surface area contributed by atoms with Gasteiger partial charge in [-0.25, -0.2) is 14.6 Å². The number of hydrogen-bond donors (Lipinski definition) is 2. The minimum Gasteiger partial charge on any atom is -0.476 e. The first-order chi connectivity index (χ1) is 8.04. The van der Waals surface area contributed by atoms with Crippen LogP contribution in [0.25, 0.3) is 0 Å². The van der Waals surface area contributed by atoms with Crippen molar-refractivity contribution in [3.8, 4) is 0 Å². The highest BCUT2D eigenvalue weighted by molar-refractivity contribution is 5.85. The van der Waals surface area contributed by atoms with Gasteiger partial charge in [0.1, 0.15) is 11.9 Å². The quantitative estimate of drug-likeness (QED) is 0.771. The highest BCUT2D eigenvalue weighted by Gasteiger charge is 2.40. The number of carbonyl (C=O) groups excluding carboxylic acids is 1. The molecule has 0 aliphatic heterocycles. The van der Waals surface area contributed by atoms with Crippen molar-refractivity contribution in [2.24, 2.45) is 5.73 Å². The van der Waals surface area contributed by atoms with E-state index >= 15 is 0 Å². The van der Waals surface area contributed by atoms with Gasteiger partial charge < -0.3 is 20.0 Å². The molecule has 0 saturated carbocycles. The lowest BCUT2D eigenvalue weighted by Crippen LogP contribution is -2.46. The third-order valence-electron chi connectivity index (χ3n) is 1.99. The van der Waals surface area contributed by atoms with E-state index in [9.17, 15) is 9.59 Å². The first-order valence-corrected chi connectivity index (χ1v) is 5.25. The van der Waals surface area contributed by atoms with Gasteiger partial charge in [-0.3, -0.25) is 0 Å². The molecule has 0 saturated heterocycles. The molecule has 1 aromatic rings. The van der Waals surface area contributed by atoms with E-state index in [0.717, 1.165) is 6.26 Å². The van der Waals surface area contributed by atoms with Crippen LogP contribution >= 0.6 is 0 Å². The van der Waals surface area contributed by atoms with Crippen LogP contribution in [0.3, 0.4) is 0 Å². The number of aromatic carboxylic acids is 1. The molecule has 0 radical (unpaired) electrons. The zero-order valence-corrected chi connectivity index (χ0v) is 10.7. The average Bonchev–Trinajstić information content (AvgIpc) is 2.63. The van der Waals surface area contributed by atoms with Crippen molar-refractivity contribution in [2.75, 3.05) is 0 Å². The molecular formula is C11H16N2O5. The number of aromatic nitrogens is 1. The van der Waals surface area contributed by atoms with Crippen molar-refractivity contribution in [2.45, 2.75) is 38.8 Å². The van der Waals surface area contributed by atoms with Crippen LogP contribution in [-0.4, -0.2) is 27.6 Å². The zero-order chi connectivity index (χ0) is 14.1. The topological polar surface area (TPSA) is 116 Å². The van der Waals surface area contributed by atoms with Gasteiger partial charge in [0.05, 0.1) is 0 Å². The summed E-state index contributed by atoms with van der Waals surface area (Å²) < 4.78 is 10.0. The van der Waals surface area contributed by atoms with Crippen molar-refractivity contribution in [3.63, 3.8) is 0 Å². The van der Waals surface area contributed by atoms with Gasteiger partial charge in [-0.2, -0.15) is 0 Å². The predicted molar refractivity (Wildman–Crippen MR) is 60.8 cm³/mol. The Labute approximate surface area is 104 Å². The maximum atomic E-state index is 11.9. The maximum Gasteiger partial charge on any atom is 0.357 e. The molecule has 0 amide bonds. The number of hydrogen-bond acceptors (Lipinski definition) is 6. The predicted octanol–water partition coefficient (Wildman–Crippen LogP) is 0.888. The molecule has 1 unspecified atom stereocenters. The molecule has 7 nitrogen and oxygen atoms in total. The van der Waals surface area contributed by atoms with E-state index in [1.54, 1.807) is 20.8 Å². The molecule has 1 heterocycles. The minimum atomic E-state index is -1.64. The number of nitrogens with two attached hydrogens (primary N) is 1. The van der Waals surface area contributed by atoms with Gasteiger partial charge in [-0.1, -0.05) is 0 Å². The summed E-state index contributed by atoms with van der Waals surface area (Å²) in [7, 11) is 0. The number of esters is 1. The van der Waals surface area contributed by atoms with Crippen molar-refractivity contribution in [1.29, 1.82) is 0 Å². The van der Waals surface area contributed by atoms with E-state index in [1.165, 1.54) is 6.92 Å². The third kappa shape index (κ3) is 3.07. The van der Waals surface area contributed by atoms with Gasteiger partial charge >= 0.3 is 11.9 Å². The van der Waals surface area contributed by atoms with Crippen LogP contribution in [0.4, 0.5) is 0 Å². The lowest BCUT2D eigenvalue weighted by molar-refractivity contribution is -0.162. The molecule has 0 aromatic carbocycles. The zero-order valence-electron chi connectivity index (χ0n) is 10.7. The Morgan fingerprint density at radius 1 is 1.39 bits per heavy atom. The number of oxazole rings is 1. The van der Waals surface area contributed by atoms with E-state index in [-0.39, 0.29) is 11.6 Å². The van der Waals surface area contributed by atoms with Crippen molar-refractivity contribution in [3.05, 3.63) is 17.8 Å².